The van der Waals surface area contributed by atoms with Crippen molar-refractivity contribution in [2.75, 3.05) is 10.6 Å². The zero-order valence-corrected chi connectivity index (χ0v) is 11.3. The summed E-state index contributed by atoms with van der Waals surface area (Å²) in [7, 11) is 0. The first-order valence-electron chi connectivity index (χ1n) is 6.69. The Labute approximate surface area is 122 Å². The van der Waals surface area contributed by atoms with Crippen molar-refractivity contribution < 1.29 is 9.59 Å². The average molecular weight is 281 g/mol. The summed E-state index contributed by atoms with van der Waals surface area (Å²) in [6, 6.07) is 15.3. The number of nitrogens with zero attached hydrogens (tertiary/aromatic N) is 1. The third-order valence-electron chi connectivity index (χ3n) is 3.45. The average Bonchev–Trinajstić information content (AvgIpc) is 2.76. The Morgan fingerprint density at radius 3 is 2.33 bits per heavy atom. The lowest BCUT2D eigenvalue weighted by atomic mass is 10.1. The second-order valence-corrected chi connectivity index (χ2v) is 4.96. The molecule has 0 radical (unpaired) electrons. The third-order valence-corrected chi connectivity index (χ3v) is 3.45. The first kappa shape index (κ1) is 13.2. The van der Waals surface area contributed by atoms with Gasteiger partial charge in [0.2, 0.25) is 0 Å². The molecule has 0 saturated carbocycles. The molecule has 2 aromatic rings. The number of urea groups is 1. The molecule has 3 amide bonds. The van der Waals surface area contributed by atoms with Crippen LogP contribution in [0.2, 0.25) is 0 Å². The van der Waals surface area contributed by atoms with E-state index in [1.165, 1.54) is 0 Å². The predicted octanol–water partition coefficient (Wildman–Crippen LogP) is 1.94. The van der Waals surface area contributed by atoms with E-state index in [4.69, 9.17) is 5.73 Å². The first-order valence-corrected chi connectivity index (χ1v) is 6.69. The van der Waals surface area contributed by atoms with Crippen LogP contribution >= 0.6 is 0 Å². The molecule has 21 heavy (non-hydrogen) atoms. The zero-order chi connectivity index (χ0) is 14.8. The molecule has 1 heterocycles. The van der Waals surface area contributed by atoms with Crippen molar-refractivity contribution >= 4 is 23.3 Å². The van der Waals surface area contributed by atoms with E-state index >= 15 is 0 Å². The maximum Gasteiger partial charge on any atom is 0.329 e. The van der Waals surface area contributed by atoms with Crippen LogP contribution in [0, 0.1) is 0 Å². The number of hydrogen-bond acceptors (Lipinski definition) is 3. The van der Waals surface area contributed by atoms with Gasteiger partial charge in [0.15, 0.2) is 0 Å². The van der Waals surface area contributed by atoms with E-state index < -0.39 is 12.1 Å². The van der Waals surface area contributed by atoms with Crippen molar-refractivity contribution in [3.8, 4) is 0 Å². The third kappa shape index (κ3) is 2.58. The number of nitrogens with one attached hydrogen (secondary N) is 1. The molecule has 0 aromatic heterocycles. The molecule has 5 heteroatoms. The SMILES string of the molecule is Nc1ccc(N2C(=O)N[C@H](Cc3ccccc3)C2=O)cc1. The van der Waals surface area contributed by atoms with E-state index in [2.05, 4.69) is 5.32 Å². The van der Waals surface area contributed by atoms with Gasteiger partial charge in [0.05, 0.1) is 5.69 Å². The van der Waals surface area contributed by atoms with Crippen LogP contribution in [0.3, 0.4) is 0 Å². The van der Waals surface area contributed by atoms with Crippen molar-refractivity contribution in [2.24, 2.45) is 0 Å². The molecule has 1 aliphatic rings. The summed E-state index contributed by atoms with van der Waals surface area (Å²) in [5.41, 5.74) is 7.75. The summed E-state index contributed by atoms with van der Waals surface area (Å²) < 4.78 is 0. The second kappa shape index (κ2) is 5.28. The quantitative estimate of drug-likeness (QED) is 0.667. The smallest absolute Gasteiger partial charge is 0.329 e. The molecular weight excluding hydrogens is 266 g/mol. The number of amides is 3. The number of carbonyl (C=O) groups excluding carboxylic acids is 2. The summed E-state index contributed by atoms with van der Waals surface area (Å²) in [4.78, 5) is 25.6. The van der Waals surface area contributed by atoms with Gasteiger partial charge in [-0.05, 0) is 29.8 Å². The van der Waals surface area contributed by atoms with Crippen LogP contribution in [0.15, 0.2) is 54.6 Å². The minimum atomic E-state index is -0.530. The predicted molar refractivity (Wildman–Crippen MR) is 80.8 cm³/mol. The maximum absolute atomic E-state index is 12.4. The van der Waals surface area contributed by atoms with E-state index in [0.717, 1.165) is 10.5 Å². The summed E-state index contributed by atoms with van der Waals surface area (Å²) in [6.07, 6.45) is 0.483. The molecule has 106 valence electrons. The van der Waals surface area contributed by atoms with E-state index in [-0.39, 0.29) is 5.91 Å². The van der Waals surface area contributed by atoms with Crippen LogP contribution < -0.4 is 16.0 Å². The van der Waals surface area contributed by atoms with Crippen molar-refractivity contribution in [2.45, 2.75) is 12.5 Å². The highest BCUT2D eigenvalue weighted by Gasteiger charge is 2.38. The van der Waals surface area contributed by atoms with Crippen molar-refractivity contribution in [1.29, 1.82) is 0 Å². The number of benzene rings is 2. The Balaban J connectivity index is 1.80. The standard InChI is InChI=1S/C16H15N3O2/c17-12-6-8-13(9-7-12)19-15(20)14(18-16(19)21)10-11-4-2-1-3-5-11/h1-9,14H,10,17H2,(H,18,21)/t14-/m1/s1. The molecule has 1 fully saturated rings. The fourth-order valence-corrected chi connectivity index (χ4v) is 2.39. The summed E-state index contributed by atoms with van der Waals surface area (Å²) in [5.74, 6) is -0.242. The summed E-state index contributed by atoms with van der Waals surface area (Å²) in [5, 5.41) is 2.72. The summed E-state index contributed by atoms with van der Waals surface area (Å²) in [6.45, 7) is 0. The van der Waals surface area contributed by atoms with Crippen molar-refractivity contribution in [1.82, 2.24) is 5.32 Å². The van der Waals surface area contributed by atoms with E-state index in [1.807, 2.05) is 30.3 Å². The van der Waals surface area contributed by atoms with Crippen LogP contribution in [0.4, 0.5) is 16.2 Å². The lowest BCUT2D eigenvalue weighted by Gasteiger charge is -2.13. The molecule has 0 unspecified atom stereocenters. The fraction of sp³-hybridized carbons (Fsp3) is 0.125. The van der Waals surface area contributed by atoms with Crippen LogP contribution in [0.25, 0.3) is 0 Å². The van der Waals surface area contributed by atoms with Gasteiger partial charge in [-0.2, -0.15) is 0 Å². The van der Waals surface area contributed by atoms with Gasteiger partial charge in [-0.3, -0.25) is 4.79 Å². The highest BCUT2D eigenvalue weighted by Crippen LogP contribution is 2.22. The molecule has 0 aliphatic carbocycles. The molecule has 5 nitrogen and oxygen atoms in total. The molecule has 0 spiro atoms. The van der Waals surface area contributed by atoms with Gasteiger partial charge >= 0.3 is 6.03 Å². The number of nitrogens with two attached hydrogens (primary N) is 1. The van der Waals surface area contributed by atoms with Gasteiger partial charge in [-0.15, -0.1) is 0 Å². The van der Waals surface area contributed by atoms with Gasteiger partial charge in [-0.25, -0.2) is 9.69 Å². The molecule has 1 atom stereocenters. The molecule has 1 aliphatic heterocycles. The minimum absolute atomic E-state index is 0.242. The van der Waals surface area contributed by atoms with E-state index in [1.54, 1.807) is 24.3 Å². The molecular formula is C16H15N3O2. The second-order valence-electron chi connectivity index (χ2n) is 4.96. The molecule has 2 aromatic carbocycles. The zero-order valence-electron chi connectivity index (χ0n) is 11.3. The lowest BCUT2D eigenvalue weighted by molar-refractivity contribution is -0.118. The number of hydrogen-bond donors (Lipinski definition) is 2. The van der Waals surface area contributed by atoms with Crippen molar-refractivity contribution in [3.63, 3.8) is 0 Å². The van der Waals surface area contributed by atoms with Gasteiger partial charge in [0.25, 0.3) is 5.91 Å². The summed E-state index contributed by atoms with van der Waals surface area (Å²) >= 11 is 0. The normalized spacial score (nSPS) is 17.9. The van der Waals surface area contributed by atoms with Gasteiger partial charge < -0.3 is 11.1 Å². The first-order chi connectivity index (χ1) is 10.1. The monoisotopic (exact) mass is 281 g/mol. The Hall–Kier alpha value is -2.82. The Kier molecular flexibility index (Phi) is 3.31. The fourth-order valence-electron chi connectivity index (χ4n) is 2.39. The minimum Gasteiger partial charge on any atom is -0.399 e. The largest absolute Gasteiger partial charge is 0.399 e. The Bertz CT molecular complexity index is 668. The van der Waals surface area contributed by atoms with Gasteiger partial charge in [0.1, 0.15) is 6.04 Å². The number of rotatable bonds is 3. The van der Waals surface area contributed by atoms with E-state index in [0.29, 0.717) is 17.8 Å². The van der Waals surface area contributed by atoms with Crippen LogP contribution in [-0.4, -0.2) is 18.0 Å². The number of imide groups is 1. The highest BCUT2D eigenvalue weighted by atomic mass is 16.2. The number of nitrogen functional groups attached to an aromatic ring is 1. The lowest BCUT2D eigenvalue weighted by Crippen LogP contribution is -2.32. The Morgan fingerprint density at radius 2 is 1.67 bits per heavy atom. The molecule has 1 saturated heterocycles. The topological polar surface area (TPSA) is 75.4 Å². The highest BCUT2D eigenvalue weighted by molar-refractivity contribution is 6.21. The molecule has 3 N–H and O–H groups in total. The number of anilines is 2. The Morgan fingerprint density at radius 1 is 1.00 bits per heavy atom. The van der Waals surface area contributed by atoms with Crippen molar-refractivity contribution in [3.05, 3.63) is 60.2 Å². The van der Waals surface area contributed by atoms with Crippen LogP contribution in [0.1, 0.15) is 5.56 Å². The van der Waals surface area contributed by atoms with Crippen LogP contribution in [-0.2, 0) is 11.2 Å². The molecule has 0 bridgehead atoms. The van der Waals surface area contributed by atoms with Gasteiger partial charge in [-0.1, -0.05) is 30.3 Å². The molecule has 3 rings (SSSR count). The van der Waals surface area contributed by atoms with Gasteiger partial charge in [0, 0.05) is 12.1 Å². The number of carbonyl (C=O) groups is 2. The van der Waals surface area contributed by atoms with E-state index in [9.17, 15) is 9.59 Å². The van der Waals surface area contributed by atoms with Crippen LogP contribution in [0.5, 0.6) is 0 Å². The maximum atomic E-state index is 12.4.